The summed E-state index contributed by atoms with van der Waals surface area (Å²) in [6.07, 6.45) is 9.67. The first kappa shape index (κ1) is 25.1. The summed E-state index contributed by atoms with van der Waals surface area (Å²) < 4.78 is 12.8. The van der Waals surface area contributed by atoms with Gasteiger partial charge in [-0.2, -0.15) is 5.10 Å². The number of hydrogen-bond acceptors (Lipinski definition) is 6. The van der Waals surface area contributed by atoms with Gasteiger partial charge in [-0.15, -0.1) is 0 Å². The van der Waals surface area contributed by atoms with Gasteiger partial charge in [-0.1, -0.05) is 13.8 Å². The van der Waals surface area contributed by atoms with Gasteiger partial charge >= 0.3 is 6.09 Å². The molecule has 1 aromatic heterocycles. The Morgan fingerprint density at radius 1 is 1.28 bits per heavy atom. The Balaban J connectivity index is 1.36. The van der Waals surface area contributed by atoms with E-state index in [1.807, 2.05) is 19.9 Å². The maximum atomic E-state index is 13.6. The van der Waals surface area contributed by atoms with Crippen LogP contribution in [0.15, 0.2) is 12.3 Å². The van der Waals surface area contributed by atoms with Gasteiger partial charge in [0.05, 0.1) is 31.0 Å². The van der Waals surface area contributed by atoms with E-state index in [4.69, 9.17) is 9.47 Å². The minimum atomic E-state index is -0.586. The van der Waals surface area contributed by atoms with Gasteiger partial charge < -0.3 is 19.9 Å². The van der Waals surface area contributed by atoms with Gasteiger partial charge in [0.1, 0.15) is 12.2 Å². The van der Waals surface area contributed by atoms with Crippen molar-refractivity contribution in [2.45, 2.75) is 77.5 Å². The smallest absolute Gasteiger partial charge is 0.410 e. The Morgan fingerprint density at radius 3 is 2.78 bits per heavy atom. The lowest BCUT2D eigenvalue weighted by Crippen LogP contribution is -2.43. The van der Waals surface area contributed by atoms with Crippen LogP contribution in [0.2, 0.25) is 0 Å². The Bertz CT molecular complexity index is 1020. The molecule has 4 unspecified atom stereocenters. The Kier molecular flexibility index (Phi) is 6.78. The zero-order valence-electron chi connectivity index (χ0n) is 21.9. The number of nitrogens with zero attached hydrogens (tertiary/aromatic N) is 3. The zero-order valence-corrected chi connectivity index (χ0v) is 21.9. The SMILES string of the molecule is CC(C)COc1c(C(=O)N[C@@H]2C3CC4CC(C3)C2C[C@@H](O)C4)cnn1/C=C/C(C)(C)N1CCOC1=O. The molecule has 2 amide bonds. The molecule has 9 nitrogen and oxygen atoms in total. The van der Waals surface area contributed by atoms with Gasteiger partial charge in [-0.25, -0.2) is 9.48 Å². The maximum absolute atomic E-state index is 13.6. The predicted octanol–water partition coefficient (Wildman–Crippen LogP) is 3.53. The largest absolute Gasteiger partial charge is 0.477 e. The molecule has 9 heteroatoms. The van der Waals surface area contributed by atoms with E-state index in [1.54, 1.807) is 22.0 Å². The molecule has 3 saturated carbocycles. The molecule has 1 saturated heterocycles. The lowest BCUT2D eigenvalue weighted by molar-refractivity contribution is 0.0814. The van der Waals surface area contributed by atoms with Crippen molar-refractivity contribution in [2.24, 2.45) is 29.6 Å². The maximum Gasteiger partial charge on any atom is 0.410 e. The molecule has 198 valence electrons. The number of nitrogens with one attached hydrogen (secondary N) is 1. The molecule has 36 heavy (non-hydrogen) atoms. The van der Waals surface area contributed by atoms with E-state index in [-0.39, 0.29) is 30.1 Å². The third-order valence-electron chi connectivity index (χ3n) is 8.53. The van der Waals surface area contributed by atoms with Crippen LogP contribution in [0.3, 0.4) is 0 Å². The fourth-order valence-electron chi connectivity index (χ4n) is 6.86. The van der Waals surface area contributed by atoms with E-state index in [9.17, 15) is 14.7 Å². The first-order valence-electron chi connectivity index (χ1n) is 13.5. The molecular weight excluding hydrogens is 460 g/mol. The zero-order chi connectivity index (χ0) is 25.6. The summed E-state index contributed by atoms with van der Waals surface area (Å²) in [6, 6.07) is 0.0828. The molecule has 2 N–H and O–H groups in total. The molecule has 0 spiro atoms. The highest BCUT2D eigenvalue weighted by molar-refractivity contribution is 5.96. The molecule has 5 rings (SSSR count). The van der Waals surface area contributed by atoms with Gasteiger partial charge in [-0.3, -0.25) is 9.69 Å². The predicted molar refractivity (Wildman–Crippen MR) is 134 cm³/mol. The van der Waals surface area contributed by atoms with Crippen molar-refractivity contribution in [2.75, 3.05) is 19.8 Å². The number of rotatable bonds is 8. The van der Waals surface area contributed by atoms with Gasteiger partial charge in [0.25, 0.3) is 5.91 Å². The minimum Gasteiger partial charge on any atom is -0.477 e. The van der Waals surface area contributed by atoms with Gasteiger partial charge in [0.15, 0.2) is 0 Å². The standard InChI is InChI=1S/C27H40N4O5/c1-16(2)15-36-25-22(14-28-31(25)6-5-27(3,4)30-7-8-35-26(30)34)24(33)29-23-19-10-17-9-18(12-19)21(23)13-20(32)11-17/h5-6,14,16-21,23,32H,7-13,15H2,1-4H3,(H,29,33)/b6-5+/t17?,18?,19?,20-,21?,23+/m0/s1. The van der Waals surface area contributed by atoms with Gasteiger partial charge in [0, 0.05) is 12.2 Å². The number of hydrogen-bond donors (Lipinski definition) is 2. The van der Waals surface area contributed by atoms with Crippen LogP contribution in [0.1, 0.15) is 70.2 Å². The average molecular weight is 501 g/mol. The molecule has 4 aliphatic rings. The van der Waals surface area contributed by atoms with Crippen LogP contribution in [-0.2, 0) is 4.74 Å². The summed E-state index contributed by atoms with van der Waals surface area (Å²) in [7, 11) is 0. The Labute approximate surface area is 213 Å². The third kappa shape index (κ3) is 4.86. The van der Waals surface area contributed by atoms with Crippen LogP contribution < -0.4 is 10.1 Å². The number of carbonyl (C=O) groups is 2. The number of carbonyl (C=O) groups excluding carboxylic acids is 2. The lowest BCUT2D eigenvalue weighted by atomic mass is 9.79. The highest BCUT2D eigenvalue weighted by atomic mass is 16.6. The van der Waals surface area contributed by atoms with E-state index in [0.29, 0.717) is 54.9 Å². The molecule has 1 aromatic rings. The number of cyclic esters (lactones) is 1. The van der Waals surface area contributed by atoms with Crippen molar-refractivity contribution in [3.05, 3.63) is 17.8 Å². The molecule has 3 aliphatic carbocycles. The monoisotopic (exact) mass is 500 g/mol. The second-order valence-electron chi connectivity index (χ2n) is 12.1. The number of fused-ring (bicyclic) bond motifs is 2. The summed E-state index contributed by atoms with van der Waals surface area (Å²) in [4.78, 5) is 27.3. The van der Waals surface area contributed by atoms with Crippen molar-refractivity contribution < 1.29 is 24.2 Å². The van der Waals surface area contributed by atoms with Gasteiger partial charge in [0.2, 0.25) is 5.88 Å². The van der Waals surface area contributed by atoms with Crippen LogP contribution in [0.25, 0.3) is 6.20 Å². The second-order valence-corrected chi connectivity index (χ2v) is 12.1. The number of aliphatic hydroxyl groups excluding tert-OH is 1. The Morgan fingerprint density at radius 2 is 2.06 bits per heavy atom. The molecule has 6 atom stereocenters. The first-order valence-corrected chi connectivity index (χ1v) is 13.5. The van der Waals surface area contributed by atoms with Crippen molar-refractivity contribution in [3.8, 4) is 5.88 Å². The van der Waals surface area contributed by atoms with Crippen LogP contribution in [0.4, 0.5) is 4.79 Å². The van der Waals surface area contributed by atoms with E-state index >= 15 is 0 Å². The Hall–Kier alpha value is -2.55. The fraction of sp³-hybridized carbons (Fsp3) is 0.741. The van der Waals surface area contributed by atoms with E-state index in [2.05, 4.69) is 24.3 Å². The number of aliphatic hydroxyl groups is 1. The number of ether oxygens (including phenoxy) is 2. The first-order chi connectivity index (χ1) is 17.1. The molecule has 1 aliphatic heterocycles. The van der Waals surface area contributed by atoms with Crippen molar-refractivity contribution >= 4 is 18.2 Å². The number of aromatic nitrogens is 2. The highest BCUT2D eigenvalue weighted by Crippen LogP contribution is 2.53. The summed E-state index contributed by atoms with van der Waals surface area (Å²) in [5.41, 5.74) is -0.176. The average Bonchev–Trinajstić information content (AvgIpc) is 3.47. The minimum absolute atomic E-state index is 0.0828. The third-order valence-corrected chi connectivity index (χ3v) is 8.53. The molecule has 2 heterocycles. The van der Waals surface area contributed by atoms with Crippen LogP contribution in [0, 0.1) is 29.6 Å². The summed E-state index contributed by atoms with van der Waals surface area (Å²) >= 11 is 0. The van der Waals surface area contributed by atoms with Crippen LogP contribution >= 0.6 is 0 Å². The lowest BCUT2D eigenvalue weighted by Gasteiger charge is -2.31. The normalized spacial score (nSPS) is 31.8. The highest BCUT2D eigenvalue weighted by Gasteiger charge is 2.51. The molecule has 0 radical (unpaired) electrons. The summed E-state index contributed by atoms with van der Waals surface area (Å²) in [6.45, 7) is 9.35. The summed E-state index contributed by atoms with van der Waals surface area (Å²) in [5.74, 6) is 2.48. The number of amides is 2. The van der Waals surface area contributed by atoms with Crippen molar-refractivity contribution in [1.82, 2.24) is 20.0 Å². The molecule has 4 fully saturated rings. The van der Waals surface area contributed by atoms with Crippen molar-refractivity contribution in [1.29, 1.82) is 0 Å². The van der Waals surface area contributed by atoms with Crippen LogP contribution in [-0.4, -0.2) is 69.2 Å². The second kappa shape index (κ2) is 9.72. The topological polar surface area (TPSA) is 106 Å². The molecular formula is C27H40N4O5. The van der Waals surface area contributed by atoms with E-state index in [1.165, 1.54) is 6.42 Å². The quantitative estimate of drug-likeness (QED) is 0.566. The summed E-state index contributed by atoms with van der Waals surface area (Å²) in [5, 5.41) is 18.3. The van der Waals surface area contributed by atoms with E-state index < -0.39 is 5.54 Å². The van der Waals surface area contributed by atoms with Crippen LogP contribution in [0.5, 0.6) is 5.88 Å². The molecule has 0 aromatic carbocycles. The van der Waals surface area contributed by atoms with Gasteiger partial charge in [-0.05, 0) is 81.6 Å². The fourth-order valence-corrected chi connectivity index (χ4v) is 6.86. The molecule has 3 bridgehead atoms. The van der Waals surface area contributed by atoms with Crippen molar-refractivity contribution in [3.63, 3.8) is 0 Å². The van der Waals surface area contributed by atoms with E-state index in [0.717, 1.165) is 25.7 Å².